The summed E-state index contributed by atoms with van der Waals surface area (Å²) < 4.78 is 18.5. The van der Waals surface area contributed by atoms with E-state index in [2.05, 4.69) is 10.3 Å². The third-order valence-corrected chi connectivity index (χ3v) is 3.93. The van der Waals surface area contributed by atoms with Gasteiger partial charge in [0.2, 0.25) is 0 Å². The third kappa shape index (κ3) is 3.85. The Labute approximate surface area is 145 Å². The molecule has 2 heterocycles. The molecule has 0 unspecified atom stereocenters. The Balaban J connectivity index is 1.75. The van der Waals surface area contributed by atoms with Gasteiger partial charge in [-0.1, -0.05) is 12.1 Å². The molecule has 130 valence electrons. The van der Waals surface area contributed by atoms with E-state index in [0.29, 0.717) is 35.7 Å². The first-order chi connectivity index (χ1) is 11.8. The lowest BCUT2D eigenvalue weighted by atomic mass is 9.93. The first-order valence-electron chi connectivity index (χ1n) is 7.92. The Hall–Kier alpha value is -2.73. The molecule has 2 aromatic rings. The van der Waals surface area contributed by atoms with Crippen LogP contribution in [0.1, 0.15) is 25.1 Å². The number of aliphatic hydroxyl groups is 1. The highest BCUT2D eigenvalue weighted by Crippen LogP contribution is 2.29. The van der Waals surface area contributed by atoms with Crippen LogP contribution in [0.3, 0.4) is 0 Å². The predicted molar refractivity (Wildman–Crippen MR) is 91.2 cm³/mol. The average molecular weight is 342 g/mol. The first kappa shape index (κ1) is 17.1. The van der Waals surface area contributed by atoms with Crippen molar-refractivity contribution in [3.05, 3.63) is 65.2 Å². The van der Waals surface area contributed by atoms with Crippen LogP contribution in [0.15, 0.2) is 48.2 Å². The molecule has 2 N–H and O–H groups in total. The molecule has 0 bridgehead atoms. The molecular formula is C19H19FN2O3. The normalized spacial score (nSPS) is 14.6. The lowest BCUT2D eigenvalue weighted by Crippen LogP contribution is -2.30. The van der Waals surface area contributed by atoms with E-state index in [1.807, 2.05) is 0 Å². The molecule has 25 heavy (non-hydrogen) atoms. The number of hydrogen-bond acceptors (Lipinski definition) is 4. The topological polar surface area (TPSA) is 71.5 Å². The quantitative estimate of drug-likeness (QED) is 0.876. The van der Waals surface area contributed by atoms with Crippen LogP contribution in [-0.4, -0.2) is 28.1 Å². The van der Waals surface area contributed by atoms with Gasteiger partial charge in [-0.3, -0.25) is 9.78 Å². The summed E-state index contributed by atoms with van der Waals surface area (Å²) in [7, 11) is 0. The summed E-state index contributed by atoms with van der Waals surface area (Å²) in [5, 5.41) is 12.9. The van der Waals surface area contributed by atoms with Crippen molar-refractivity contribution in [1.82, 2.24) is 10.3 Å². The fourth-order valence-corrected chi connectivity index (χ4v) is 2.74. The zero-order valence-corrected chi connectivity index (χ0v) is 14.0. The van der Waals surface area contributed by atoms with Gasteiger partial charge >= 0.3 is 0 Å². The van der Waals surface area contributed by atoms with Crippen molar-refractivity contribution in [2.75, 3.05) is 6.54 Å². The molecule has 6 heteroatoms. The maximum atomic E-state index is 12.9. The monoisotopic (exact) mass is 342 g/mol. The van der Waals surface area contributed by atoms with Gasteiger partial charge in [-0.05, 0) is 43.7 Å². The standard InChI is InChI=1S/C19H19FN2O3/c1-19(2,24)17-15(10-22-18(17)23)16-8-7-14(9-21-16)25-11-12-3-5-13(20)6-4-12/h3-9,24H,10-11H2,1-2H3,(H,22,23). The van der Waals surface area contributed by atoms with Gasteiger partial charge in [0.15, 0.2) is 0 Å². The molecule has 1 aliphatic heterocycles. The highest BCUT2D eigenvalue weighted by molar-refractivity contribution is 6.07. The van der Waals surface area contributed by atoms with Gasteiger partial charge in [-0.15, -0.1) is 0 Å². The average Bonchev–Trinajstić information content (AvgIpc) is 2.97. The van der Waals surface area contributed by atoms with Crippen LogP contribution < -0.4 is 10.1 Å². The summed E-state index contributed by atoms with van der Waals surface area (Å²) >= 11 is 0. The number of hydrogen-bond donors (Lipinski definition) is 2. The summed E-state index contributed by atoms with van der Waals surface area (Å²) in [5.41, 5.74) is 1.24. The number of rotatable bonds is 5. The van der Waals surface area contributed by atoms with E-state index in [4.69, 9.17) is 4.74 Å². The summed E-state index contributed by atoms with van der Waals surface area (Å²) in [6.45, 7) is 3.79. The van der Waals surface area contributed by atoms with Crippen LogP contribution in [0, 0.1) is 5.82 Å². The Kier molecular flexibility index (Phi) is 4.55. The van der Waals surface area contributed by atoms with Crippen molar-refractivity contribution in [2.24, 2.45) is 0 Å². The predicted octanol–water partition coefficient (Wildman–Crippen LogP) is 2.45. The van der Waals surface area contributed by atoms with Crippen LogP contribution in [0.5, 0.6) is 5.75 Å². The maximum absolute atomic E-state index is 12.9. The lowest BCUT2D eigenvalue weighted by Gasteiger charge is -2.19. The number of benzene rings is 1. The third-order valence-electron chi connectivity index (χ3n) is 3.93. The highest BCUT2D eigenvalue weighted by atomic mass is 19.1. The molecule has 0 spiro atoms. The van der Waals surface area contributed by atoms with E-state index in [1.54, 1.807) is 44.3 Å². The van der Waals surface area contributed by atoms with Crippen LogP contribution >= 0.6 is 0 Å². The molecule has 1 aliphatic rings. The number of carbonyl (C=O) groups is 1. The van der Waals surface area contributed by atoms with Crippen LogP contribution in [-0.2, 0) is 11.4 Å². The van der Waals surface area contributed by atoms with E-state index in [1.165, 1.54) is 12.1 Å². The van der Waals surface area contributed by atoms with Gasteiger partial charge in [0.25, 0.3) is 5.91 Å². The number of amides is 1. The fourth-order valence-electron chi connectivity index (χ4n) is 2.74. The van der Waals surface area contributed by atoms with E-state index in [-0.39, 0.29) is 11.7 Å². The minimum absolute atomic E-state index is 0.277. The second-order valence-corrected chi connectivity index (χ2v) is 6.39. The molecule has 0 fully saturated rings. The van der Waals surface area contributed by atoms with Crippen molar-refractivity contribution in [3.8, 4) is 5.75 Å². The Morgan fingerprint density at radius 2 is 1.96 bits per heavy atom. The van der Waals surface area contributed by atoms with E-state index in [0.717, 1.165) is 5.56 Å². The lowest BCUT2D eigenvalue weighted by molar-refractivity contribution is -0.118. The molecule has 0 atom stereocenters. The number of carbonyl (C=O) groups excluding carboxylic acids is 1. The highest BCUT2D eigenvalue weighted by Gasteiger charge is 2.34. The number of ether oxygens (including phenoxy) is 1. The number of pyridine rings is 1. The number of nitrogens with one attached hydrogen (secondary N) is 1. The number of halogens is 1. The van der Waals surface area contributed by atoms with Gasteiger partial charge in [0, 0.05) is 12.1 Å². The molecule has 1 aromatic carbocycles. The van der Waals surface area contributed by atoms with Crippen molar-refractivity contribution < 1.29 is 19.0 Å². The molecular weight excluding hydrogens is 323 g/mol. The minimum Gasteiger partial charge on any atom is -0.487 e. The fraction of sp³-hybridized carbons (Fsp3) is 0.263. The van der Waals surface area contributed by atoms with Gasteiger partial charge in [0.1, 0.15) is 18.2 Å². The first-order valence-corrected chi connectivity index (χ1v) is 7.92. The molecule has 1 aromatic heterocycles. The zero-order valence-electron chi connectivity index (χ0n) is 14.0. The van der Waals surface area contributed by atoms with Crippen LogP contribution in [0.4, 0.5) is 4.39 Å². The van der Waals surface area contributed by atoms with Crippen LogP contribution in [0.2, 0.25) is 0 Å². The molecule has 1 amide bonds. The zero-order chi connectivity index (χ0) is 18.0. The van der Waals surface area contributed by atoms with E-state index < -0.39 is 5.60 Å². The van der Waals surface area contributed by atoms with Gasteiger partial charge in [-0.25, -0.2) is 4.39 Å². The summed E-state index contributed by atoms with van der Waals surface area (Å²) in [5.74, 6) is 0.00192. The van der Waals surface area contributed by atoms with Crippen molar-refractivity contribution in [3.63, 3.8) is 0 Å². The maximum Gasteiger partial charge on any atom is 0.250 e. The van der Waals surface area contributed by atoms with E-state index in [9.17, 15) is 14.3 Å². The summed E-state index contributed by atoms with van der Waals surface area (Å²) in [4.78, 5) is 16.3. The number of aromatic nitrogens is 1. The number of nitrogens with zero attached hydrogens (tertiary/aromatic N) is 1. The molecule has 3 rings (SSSR count). The van der Waals surface area contributed by atoms with Crippen molar-refractivity contribution >= 4 is 11.5 Å². The SMILES string of the molecule is CC(C)(O)C1=C(c2ccc(OCc3ccc(F)cc3)cn2)CNC1=O. The largest absolute Gasteiger partial charge is 0.487 e. The van der Waals surface area contributed by atoms with E-state index >= 15 is 0 Å². The van der Waals surface area contributed by atoms with Crippen LogP contribution in [0.25, 0.3) is 5.57 Å². The summed E-state index contributed by atoms with van der Waals surface area (Å²) in [6, 6.07) is 9.59. The van der Waals surface area contributed by atoms with Gasteiger partial charge in [0.05, 0.1) is 23.1 Å². The van der Waals surface area contributed by atoms with Crippen molar-refractivity contribution in [2.45, 2.75) is 26.1 Å². The summed E-state index contributed by atoms with van der Waals surface area (Å²) in [6.07, 6.45) is 1.57. The molecule has 5 nitrogen and oxygen atoms in total. The molecule has 0 radical (unpaired) electrons. The molecule has 0 saturated carbocycles. The smallest absolute Gasteiger partial charge is 0.250 e. The van der Waals surface area contributed by atoms with Gasteiger partial charge < -0.3 is 15.2 Å². The van der Waals surface area contributed by atoms with Crippen molar-refractivity contribution in [1.29, 1.82) is 0 Å². The second kappa shape index (κ2) is 6.64. The second-order valence-electron chi connectivity index (χ2n) is 6.39. The Morgan fingerprint density at radius 1 is 1.24 bits per heavy atom. The Morgan fingerprint density at radius 3 is 2.56 bits per heavy atom. The van der Waals surface area contributed by atoms with Gasteiger partial charge in [-0.2, -0.15) is 0 Å². The molecule has 0 saturated heterocycles. The Bertz CT molecular complexity index is 806. The molecule has 0 aliphatic carbocycles. The minimum atomic E-state index is -1.24.